The van der Waals surface area contributed by atoms with E-state index in [4.69, 9.17) is 10.5 Å². The molecule has 0 spiro atoms. The second-order valence-electron chi connectivity index (χ2n) is 5.22. The van der Waals surface area contributed by atoms with Gasteiger partial charge in [0, 0.05) is 15.8 Å². The van der Waals surface area contributed by atoms with Gasteiger partial charge in [0.05, 0.1) is 5.56 Å². The van der Waals surface area contributed by atoms with E-state index in [0.29, 0.717) is 23.1 Å². The molecule has 2 aromatic carbocycles. The van der Waals surface area contributed by atoms with Crippen molar-refractivity contribution in [3.8, 4) is 0 Å². The Hall–Kier alpha value is -1.94. The highest BCUT2D eigenvalue weighted by Gasteiger charge is 2.23. The Morgan fingerprint density at radius 2 is 2.14 bits per heavy atom. The van der Waals surface area contributed by atoms with E-state index in [1.807, 2.05) is 25.1 Å². The number of hydrogen-bond acceptors (Lipinski definition) is 4. The summed E-state index contributed by atoms with van der Waals surface area (Å²) in [6, 6.07) is 13.6. The number of nitrogens with two attached hydrogens (primary N) is 1. The molecule has 1 aliphatic heterocycles. The quantitative estimate of drug-likeness (QED) is 0.696. The van der Waals surface area contributed by atoms with Crippen LogP contribution in [-0.2, 0) is 11.2 Å². The molecule has 1 heterocycles. The number of ether oxygens (including phenoxy) is 1. The van der Waals surface area contributed by atoms with Crippen LogP contribution in [-0.4, -0.2) is 17.8 Å². The molecule has 0 bridgehead atoms. The average Bonchev–Trinajstić information content (AvgIpc) is 2.90. The highest BCUT2D eigenvalue weighted by Crippen LogP contribution is 2.36. The molecule has 0 fully saturated rings. The lowest BCUT2D eigenvalue weighted by Crippen LogP contribution is -2.16. The van der Waals surface area contributed by atoms with Crippen LogP contribution < -0.4 is 5.73 Å². The minimum Gasteiger partial charge on any atom is -0.461 e. The summed E-state index contributed by atoms with van der Waals surface area (Å²) in [6.07, 6.45) is 0.949. The third-order valence-corrected chi connectivity index (χ3v) is 4.92. The first-order valence-electron chi connectivity index (χ1n) is 6.91. The van der Waals surface area contributed by atoms with Crippen molar-refractivity contribution in [2.75, 3.05) is 12.3 Å². The fourth-order valence-electron chi connectivity index (χ4n) is 2.37. The van der Waals surface area contributed by atoms with Gasteiger partial charge >= 0.3 is 5.97 Å². The molecule has 0 aromatic heterocycles. The zero-order chi connectivity index (χ0) is 14.8. The zero-order valence-electron chi connectivity index (χ0n) is 11.8. The molecule has 0 radical (unpaired) electrons. The van der Waals surface area contributed by atoms with E-state index < -0.39 is 0 Å². The predicted octanol–water partition coefficient (Wildman–Crippen LogP) is 3.45. The molecule has 1 atom stereocenters. The molecule has 2 aromatic rings. The van der Waals surface area contributed by atoms with Gasteiger partial charge in [-0.15, -0.1) is 11.8 Å². The first-order chi connectivity index (χ1) is 10.1. The summed E-state index contributed by atoms with van der Waals surface area (Å²) in [6.45, 7) is 2.34. The van der Waals surface area contributed by atoms with E-state index in [2.05, 4.69) is 12.1 Å². The van der Waals surface area contributed by atoms with E-state index in [1.165, 1.54) is 10.5 Å². The summed E-state index contributed by atoms with van der Waals surface area (Å²) in [5.41, 5.74) is 9.25. The van der Waals surface area contributed by atoms with Crippen molar-refractivity contribution in [3.63, 3.8) is 0 Å². The lowest BCUT2D eigenvalue weighted by atomic mass is 10.1. The molecule has 4 heteroatoms. The summed E-state index contributed by atoms with van der Waals surface area (Å²) in [5, 5.41) is 0.300. The maximum absolute atomic E-state index is 12.1. The number of benzene rings is 2. The standard InChI is InChI=1S/C17H17NO2S/c1-11-6-7-13(9-15(11)18)17(19)20-10-14-8-12-4-2-3-5-16(12)21-14/h2-7,9,14H,8,10,18H2,1H3. The number of rotatable bonds is 3. The van der Waals surface area contributed by atoms with E-state index in [9.17, 15) is 4.79 Å². The number of thioether (sulfide) groups is 1. The lowest BCUT2D eigenvalue weighted by molar-refractivity contribution is 0.0507. The summed E-state index contributed by atoms with van der Waals surface area (Å²) in [4.78, 5) is 13.3. The highest BCUT2D eigenvalue weighted by molar-refractivity contribution is 8.00. The summed E-state index contributed by atoms with van der Waals surface area (Å²) >= 11 is 1.78. The number of carbonyl (C=O) groups excluding carboxylic acids is 1. The second kappa shape index (κ2) is 5.82. The van der Waals surface area contributed by atoms with E-state index in [1.54, 1.807) is 23.9 Å². The second-order valence-corrected chi connectivity index (χ2v) is 6.56. The third kappa shape index (κ3) is 3.05. The Morgan fingerprint density at radius 3 is 2.90 bits per heavy atom. The van der Waals surface area contributed by atoms with Crippen LogP contribution in [0, 0.1) is 6.92 Å². The highest BCUT2D eigenvalue weighted by atomic mass is 32.2. The summed E-state index contributed by atoms with van der Waals surface area (Å²) in [7, 11) is 0. The van der Waals surface area contributed by atoms with Gasteiger partial charge in [-0.1, -0.05) is 24.3 Å². The third-order valence-electron chi connectivity index (χ3n) is 3.63. The van der Waals surface area contributed by atoms with Gasteiger partial charge in [-0.25, -0.2) is 4.79 Å². The van der Waals surface area contributed by atoms with Gasteiger partial charge in [0.25, 0.3) is 0 Å². The first-order valence-corrected chi connectivity index (χ1v) is 7.79. The number of esters is 1. The first kappa shape index (κ1) is 14.0. The van der Waals surface area contributed by atoms with Crippen LogP contribution in [0.2, 0.25) is 0 Å². The molecule has 0 saturated heterocycles. The Kier molecular flexibility index (Phi) is 3.88. The predicted molar refractivity (Wildman–Crippen MR) is 85.7 cm³/mol. The molecular weight excluding hydrogens is 282 g/mol. The molecule has 0 saturated carbocycles. The van der Waals surface area contributed by atoms with Crippen LogP contribution in [0.1, 0.15) is 21.5 Å². The summed E-state index contributed by atoms with van der Waals surface area (Å²) < 4.78 is 5.42. The minimum atomic E-state index is -0.307. The van der Waals surface area contributed by atoms with Gasteiger partial charge in [-0.05, 0) is 42.7 Å². The molecule has 108 valence electrons. The molecule has 1 unspecified atom stereocenters. The maximum atomic E-state index is 12.1. The number of nitrogen functional groups attached to an aromatic ring is 1. The SMILES string of the molecule is Cc1ccc(C(=O)OCC2Cc3ccccc3S2)cc1N. The van der Waals surface area contributed by atoms with Gasteiger partial charge in [0.2, 0.25) is 0 Å². The molecule has 3 nitrogen and oxygen atoms in total. The van der Waals surface area contributed by atoms with E-state index in [-0.39, 0.29) is 5.97 Å². The fourth-order valence-corrected chi connectivity index (χ4v) is 3.58. The molecular formula is C17H17NO2S. The smallest absolute Gasteiger partial charge is 0.338 e. The molecule has 0 amide bonds. The average molecular weight is 299 g/mol. The maximum Gasteiger partial charge on any atom is 0.338 e. The van der Waals surface area contributed by atoms with Crippen molar-refractivity contribution >= 4 is 23.4 Å². The van der Waals surface area contributed by atoms with Crippen LogP contribution in [0.25, 0.3) is 0 Å². The molecule has 2 N–H and O–H groups in total. The molecule has 3 rings (SSSR count). The van der Waals surface area contributed by atoms with Crippen molar-refractivity contribution in [3.05, 3.63) is 59.2 Å². The number of carbonyl (C=O) groups is 1. The van der Waals surface area contributed by atoms with Crippen LogP contribution in [0.3, 0.4) is 0 Å². The Balaban J connectivity index is 1.59. The van der Waals surface area contributed by atoms with Crippen molar-refractivity contribution in [1.82, 2.24) is 0 Å². The fraction of sp³-hybridized carbons (Fsp3) is 0.235. The van der Waals surface area contributed by atoms with Gasteiger partial charge in [-0.3, -0.25) is 0 Å². The molecule has 1 aliphatic rings. The van der Waals surface area contributed by atoms with Crippen molar-refractivity contribution in [2.45, 2.75) is 23.5 Å². The van der Waals surface area contributed by atoms with Crippen LogP contribution in [0.5, 0.6) is 0 Å². The minimum absolute atomic E-state index is 0.300. The normalized spacial score (nSPS) is 16.5. The number of fused-ring (bicyclic) bond motifs is 1. The zero-order valence-corrected chi connectivity index (χ0v) is 12.7. The molecule has 0 aliphatic carbocycles. The Labute approximate surface area is 128 Å². The topological polar surface area (TPSA) is 52.3 Å². The lowest BCUT2D eigenvalue weighted by Gasteiger charge is -2.10. The number of aryl methyl sites for hydroxylation is 1. The number of anilines is 1. The van der Waals surface area contributed by atoms with E-state index in [0.717, 1.165) is 12.0 Å². The van der Waals surface area contributed by atoms with Crippen LogP contribution in [0.4, 0.5) is 5.69 Å². The van der Waals surface area contributed by atoms with Crippen molar-refractivity contribution < 1.29 is 9.53 Å². The van der Waals surface area contributed by atoms with Gasteiger partial charge < -0.3 is 10.5 Å². The van der Waals surface area contributed by atoms with Crippen molar-refractivity contribution in [1.29, 1.82) is 0 Å². The largest absolute Gasteiger partial charge is 0.461 e. The van der Waals surface area contributed by atoms with Crippen molar-refractivity contribution in [2.24, 2.45) is 0 Å². The van der Waals surface area contributed by atoms with Gasteiger partial charge in [-0.2, -0.15) is 0 Å². The Bertz CT molecular complexity index is 659. The van der Waals surface area contributed by atoms with Crippen LogP contribution >= 0.6 is 11.8 Å². The number of hydrogen-bond donors (Lipinski definition) is 1. The molecule has 21 heavy (non-hydrogen) atoms. The van der Waals surface area contributed by atoms with Gasteiger partial charge in [0.1, 0.15) is 6.61 Å². The van der Waals surface area contributed by atoms with E-state index >= 15 is 0 Å². The van der Waals surface area contributed by atoms with Crippen LogP contribution in [0.15, 0.2) is 47.4 Å². The monoisotopic (exact) mass is 299 g/mol. The van der Waals surface area contributed by atoms with Gasteiger partial charge in [0.15, 0.2) is 0 Å². The summed E-state index contributed by atoms with van der Waals surface area (Å²) in [5.74, 6) is -0.307. The Morgan fingerprint density at radius 1 is 1.33 bits per heavy atom.